The lowest BCUT2D eigenvalue weighted by atomic mass is 9.48. The second-order valence-corrected chi connectivity index (χ2v) is 8.92. The molecular weight excluding hydrogens is 370 g/mol. The standard InChI is InChI=1S/C19H22BrNO3/c1-11(24-18(23)15-5-16(20)10-21-9-15)17(22)19-6-12-2-13(7-19)4-14(3-12)8-19/h5,9-14H,2-4,6-8H2,1H3/t11-,12?,13?,14?,19?/m1/s1. The van der Waals surface area contributed by atoms with Crippen LogP contribution in [0.3, 0.4) is 0 Å². The molecule has 4 fully saturated rings. The number of halogens is 1. The van der Waals surface area contributed by atoms with Gasteiger partial charge in [-0.25, -0.2) is 4.79 Å². The van der Waals surface area contributed by atoms with Gasteiger partial charge in [-0.1, -0.05) is 0 Å². The molecule has 24 heavy (non-hydrogen) atoms. The summed E-state index contributed by atoms with van der Waals surface area (Å²) in [6, 6.07) is 1.66. The third kappa shape index (κ3) is 2.81. The van der Waals surface area contributed by atoms with Gasteiger partial charge in [-0.2, -0.15) is 0 Å². The molecule has 0 saturated heterocycles. The molecule has 1 aromatic heterocycles. The average Bonchev–Trinajstić information content (AvgIpc) is 2.52. The van der Waals surface area contributed by atoms with E-state index in [0.717, 1.165) is 23.7 Å². The van der Waals surface area contributed by atoms with Crippen molar-refractivity contribution in [2.24, 2.45) is 23.2 Å². The molecule has 4 nitrogen and oxygen atoms in total. The number of aromatic nitrogens is 1. The number of carbonyl (C=O) groups is 2. The number of carbonyl (C=O) groups excluding carboxylic acids is 2. The third-order valence-electron chi connectivity index (χ3n) is 6.15. The molecule has 1 atom stereocenters. The van der Waals surface area contributed by atoms with Crippen LogP contribution in [0.4, 0.5) is 0 Å². The number of esters is 1. The summed E-state index contributed by atoms with van der Waals surface area (Å²) in [4.78, 5) is 29.4. The fourth-order valence-electron chi connectivity index (χ4n) is 5.65. The molecule has 0 radical (unpaired) electrons. The summed E-state index contributed by atoms with van der Waals surface area (Å²) in [5, 5.41) is 0. The smallest absolute Gasteiger partial charge is 0.340 e. The van der Waals surface area contributed by atoms with Crippen molar-refractivity contribution < 1.29 is 14.3 Å². The highest BCUT2D eigenvalue weighted by atomic mass is 79.9. The summed E-state index contributed by atoms with van der Waals surface area (Å²) >= 11 is 3.30. The van der Waals surface area contributed by atoms with E-state index in [1.165, 1.54) is 25.5 Å². The van der Waals surface area contributed by atoms with E-state index in [9.17, 15) is 9.59 Å². The summed E-state index contributed by atoms with van der Waals surface area (Å²) in [7, 11) is 0. The average molecular weight is 392 g/mol. The fourth-order valence-corrected chi connectivity index (χ4v) is 6.01. The molecule has 4 bridgehead atoms. The van der Waals surface area contributed by atoms with Crippen LogP contribution in [0.2, 0.25) is 0 Å². The van der Waals surface area contributed by atoms with Crippen LogP contribution >= 0.6 is 15.9 Å². The number of hydrogen-bond acceptors (Lipinski definition) is 4. The van der Waals surface area contributed by atoms with Gasteiger partial charge in [0.05, 0.1) is 5.56 Å². The van der Waals surface area contributed by atoms with E-state index in [0.29, 0.717) is 23.3 Å². The number of ether oxygens (including phenoxy) is 1. The highest BCUT2D eigenvalue weighted by Gasteiger charge is 2.55. The lowest BCUT2D eigenvalue weighted by Crippen LogP contribution is -2.52. The zero-order chi connectivity index (χ0) is 16.9. The van der Waals surface area contributed by atoms with Crippen molar-refractivity contribution >= 4 is 27.7 Å². The van der Waals surface area contributed by atoms with E-state index in [-0.39, 0.29) is 11.2 Å². The van der Waals surface area contributed by atoms with Gasteiger partial charge in [-0.3, -0.25) is 9.78 Å². The summed E-state index contributed by atoms with van der Waals surface area (Å²) < 4.78 is 6.21. The summed E-state index contributed by atoms with van der Waals surface area (Å²) in [6.07, 6.45) is 9.27. The van der Waals surface area contributed by atoms with Crippen LogP contribution in [-0.2, 0) is 9.53 Å². The van der Waals surface area contributed by atoms with E-state index < -0.39 is 12.1 Å². The van der Waals surface area contributed by atoms with Gasteiger partial charge in [0.2, 0.25) is 0 Å². The molecule has 4 aliphatic rings. The Morgan fingerprint density at radius 1 is 1.17 bits per heavy atom. The molecule has 4 aliphatic carbocycles. The maximum absolute atomic E-state index is 13.1. The minimum atomic E-state index is -0.687. The molecule has 0 unspecified atom stereocenters. The maximum atomic E-state index is 13.1. The van der Waals surface area contributed by atoms with Crippen LogP contribution in [0, 0.1) is 23.2 Å². The molecular formula is C19H22BrNO3. The number of pyridine rings is 1. The second kappa shape index (κ2) is 5.94. The summed E-state index contributed by atoms with van der Waals surface area (Å²) in [5.41, 5.74) is 0.138. The Balaban J connectivity index is 1.47. The van der Waals surface area contributed by atoms with Gasteiger partial charge in [0.25, 0.3) is 0 Å². The predicted molar refractivity (Wildman–Crippen MR) is 92.4 cm³/mol. The molecule has 1 heterocycles. The highest BCUT2D eigenvalue weighted by molar-refractivity contribution is 9.10. The normalized spacial score (nSPS) is 34.8. The predicted octanol–water partition coefficient (Wildman–Crippen LogP) is 4.17. The maximum Gasteiger partial charge on any atom is 0.340 e. The Morgan fingerprint density at radius 3 is 2.29 bits per heavy atom. The first kappa shape index (κ1) is 16.2. The van der Waals surface area contributed by atoms with Crippen molar-refractivity contribution in [1.29, 1.82) is 0 Å². The Bertz CT molecular complexity index is 652. The summed E-state index contributed by atoms with van der Waals surface area (Å²) in [5.74, 6) is 1.78. The molecule has 0 amide bonds. The van der Waals surface area contributed by atoms with Gasteiger partial charge in [0, 0.05) is 22.3 Å². The number of Topliss-reactive ketones (excluding diaryl/α,β-unsaturated/α-hetero) is 1. The van der Waals surface area contributed by atoms with Gasteiger partial charge in [0.15, 0.2) is 11.9 Å². The monoisotopic (exact) mass is 391 g/mol. The lowest BCUT2D eigenvalue weighted by Gasteiger charge is -2.56. The first-order chi connectivity index (χ1) is 11.4. The number of ketones is 1. The first-order valence-electron chi connectivity index (χ1n) is 8.81. The van der Waals surface area contributed by atoms with Crippen LogP contribution in [0.5, 0.6) is 0 Å². The quantitative estimate of drug-likeness (QED) is 0.722. The Labute approximate surface area is 150 Å². The van der Waals surface area contributed by atoms with E-state index >= 15 is 0 Å². The minimum absolute atomic E-state index is 0.137. The van der Waals surface area contributed by atoms with Crippen LogP contribution in [0.15, 0.2) is 22.9 Å². The summed E-state index contributed by atoms with van der Waals surface area (Å²) in [6.45, 7) is 1.73. The first-order valence-corrected chi connectivity index (χ1v) is 9.60. The Morgan fingerprint density at radius 2 is 1.75 bits per heavy atom. The number of rotatable bonds is 4. The van der Waals surface area contributed by atoms with Crippen molar-refractivity contribution in [1.82, 2.24) is 4.98 Å². The van der Waals surface area contributed by atoms with Crippen LogP contribution in [-0.4, -0.2) is 22.8 Å². The van der Waals surface area contributed by atoms with Crippen molar-refractivity contribution in [3.63, 3.8) is 0 Å². The van der Waals surface area contributed by atoms with E-state index in [1.807, 2.05) is 0 Å². The Kier molecular flexibility index (Phi) is 4.02. The number of hydrogen-bond donors (Lipinski definition) is 0. The number of nitrogens with zero attached hydrogens (tertiary/aromatic N) is 1. The highest BCUT2D eigenvalue weighted by Crippen LogP contribution is 2.60. The molecule has 128 valence electrons. The topological polar surface area (TPSA) is 56.3 Å². The van der Waals surface area contributed by atoms with Crippen molar-refractivity contribution in [3.05, 3.63) is 28.5 Å². The van der Waals surface area contributed by atoms with E-state index in [2.05, 4.69) is 20.9 Å². The largest absolute Gasteiger partial charge is 0.451 e. The molecule has 0 spiro atoms. The van der Waals surface area contributed by atoms with Crippen molar-refractivity contribution in [2.75, 3.05) is 0 Å². The van der Waals surface area contributed by atoms with Gasteiger partial charge >= 0.3 is 5.97 Å². The van der Waals surface area contributed by atoms with E-state index in [4.69, 9.17) is 4.74 Å². The van der Waals surface area contributed by atoms with Crippen molar-refractivity contribution in [2.45, 2.75) is 51.6 Å². The van der Waals surface area contributed by atoms with Gasteiger partial charge in [-0.05, 0) is 85.2 Å². The third-order valence-corrected chi connectivity index (χ3v) is 6.59. The van der Waals surface area contributed by atoms with Crippen LogP contribution in [0.25, 0.3) is 0 Å². The van der Waals surface area contributed by atoms with Crippen LogP contribution in [0.1, 0.15) is 55.8 Å². The molecule has 5 rings (SSSR count). The minimum Gasteiger partial charge on any atom is -0.451 e. The second-order valence-electron chi connectivity index (χ2n) is 8.00. The van der Waals surface area contributed by atoms with Gasteiger partial charge < -0.3 is 4.74 Å². The van der Waals surface area contributed by atoms with Gasteiger partial charge in [0.1, 0.15) is 0 Å². The molecule has 0 N–H and O–H groups in total. The molecule has 1 aromatic rings. The lowest BCUT2D eigenvalue weighted by molar-refractivity contribution is -0.152. The molecule has 5 heteroatoms. The van der Waals surface area contributed by atoms with E-state index in [1.54, 1.807) is 19.2 Å². The molecule has 4 saturated carbocycles. The van der Waals surface area contributed by atoms with Crippen LogP contribution < -0.4 is 0 Å². The fraction of sp³-hybridized carbons (Fsp3) is 0.632. The zero-order valence-electron chi connectivity index (χ0n) is 13.8. The molecule has 0 aliphatic heterocycles. The van der Waals surface area contributed by atoms with Crippen molar-refractivity contribution in [3.8, 4) is 0 Å². The molecule has 0 aromatic carbocycles. The SMILES string of the molecule is C[C@@H](OC(=O)c1cncc(Br)c1)C(=O)C12CC3CC(CC(C3)C1)C2. The Hall–Kier alpha value is -1.23. The van der Waals surface area contributed by atoms with Gasteiger partial charge in [-0.15, -0.1) is 0 Å². The zero-order valence-corrected chi connectivity index (χ0v) is 15.4.